The smallest absolute Gasteiger partial charge is 0.495 e. The van der Waals surface area contributed by atoms with Crippen LogP contribution in [0.2, 0.25) is 0 Å². The van der Waals surface area contributed by atoms with Crippen LogP contribution in [0.25, 0.3) is 10.2 Å². The molecule has 1 fully saturated rings. The molecule has 1 aliphatic rings. The van der Waals surface area contributed by atoms with Crippen LogP contribution >= 0.6 is 11.3 Å². The van der Waals surface area contributed by atoms with Gasteiger partial charge in [-0.05, 0) is 68.9 Å². The van der Waals surface area contributed by atoms with E-state index in [1.165, 1.54) is 11.3 Å². The standard InChI is InChI=1S/C21H25BN2O3S/c1-20(2)21(3,4)27-22(26-20)16-10-11-17-18(24-19(23)28-17)15(16)12-13-6-8-14(25-5)9-7-13/h6-11H,12H2,1-5H3,(H2,23,24). The van der Waals surface area contributed by atoms with Gasteiger partial charge in [0.05, 0.1) is 28.5 Å². The zero-order valence-corrected chi connectivity index (χ0v) is 17.7. The summed E-state index contributed by atoms with van der Waals surface area (Å²) in [7, 11) is 1.23. The molecule has 1 aliphatic heterocycles. The first-order valence-corrected chi connectivity index (χ1v) is 10.2. The summed E-state index contributed by atoms with van der Waals surface area (Å²) in [6, 6.07) is 12.2. The van der Waals surface area contributed by atoms with Crippen molar-refractivity contribution in [2.75, 3.05) is 12.8 Å². The number of aromatic nitrogens is 1. The van der Waals surface area contributed by atoms with Crippen molar-refractivity contribution < 1.29 is 14.0 Å². The maximum atomic E-state index is 6.32. The van der Waals surface area contributed by atoms with E-state index in [1.54, 1.807) is 7.11 Å². The average molecular weight is 396 g/mol. The summed E-state index contributed by atoms with van der Waals surface area (Å²) in [5.41, 5.74) is 9.40. The highest BCUT2D eigenvalue weighted by Crippen LogP contribution is 2.37. The molecule has 0 radical (unpaired) electrons. The van der Waals surface area contributed by atoms with E-state index in [1.807, 2.05) is 12.1 Å². The van der Waals surface area contributed by atoms with Gasteiger partial charge in [-0.15, -0.1) is 0 Å². The van der Waals surface area contributed by atoms with Gasteiger partial charge in [0.25, 0.3) is 0 Å². The Morgan fingerprint density at radius 2 is 1.68 bits per heavy atom. The Balaban J connectivity index is 1.79. The van der Waals surface area contributed by atoms with Gasteiger partial charge in [0.2, 0.25) is 0 Å². The van der Waals surface area contributed by atoms with Crippen LogP contribution in [0.4, 0.5) is 5.13 Å². The first-order valence-electron chi connectivity index (χ1n) is 9.36. The van der Waals surface area contributed by atoms with Crippen molar-refractivity contribution in [3.8, 4) is 5.75 Å². The SMILES string of the molecule is COc1ccc(Cc2c(B3OC(C)(C)C(C)(C)O3)ccc3sc(N)nc23)cc1. The summed E-state index contributed by atoms with van der Waals surface area (Å²) >= 11 is 1.50. The molecule has 5 nitrogen and oxygen atoms in total. The molecule has 28 heavy (non-hydrogen) atoms. The van der Waals surface area contributed by atoms with E-state index in [2.05, 4.69) is 56.9 Å². The lowest BCUT2D eigenvalue weighted by molar-refractivity contribution is 0.00578. The van der Waals surface area contributed by atoms with Crippen LogP contribution in [0.15, 0.2) is 36.4 Å². The topological polar surface area (TPSA) is 66.6 Å². The zero-order valence-electron chi connectivity index (χ0n) is 16.9. The fourth-order valence-corrected chi connectivity index (χ4v) is 4.17. The van der Waals surface area contributed by atoms with Crippen molar-refractivity contribution >= 4 is 39.3 Å². The van der Waals surface area contributed by atoms with Gasteiger partial charge >= 0.3 is 7.12 Å². The normalized spacial score (nSPS) is 18.0. The molecule has 0 saturated carbocycles. The third-order valence-corrected chi connectivity index (χ3v) is 6.62. The van der Waals surface area contributed by atoms with Crippen LogP contribution in [0, 0.1) is 0 Å². The fraction of sp³-hybridized carbons (Fsp3) is 0.381. The molecule has 146 valence electrons. The van der Waals surface area contributed by atoms with Crippen LogP contribution < -0.4 is 15.9 Å². The van der Waals surface area contributed by atoms with E-state index in [4.69, 9.17) is 19.8 Å². The zero-order chi connectivity index (χ0) is 20.1. The molecule has 3 aromatic rings. The van der Waals surface area contributed by atoms with Crippen LogP contribution in [-0.2, 0) is 15.7 Å². The van der Waals surface area contributed by atoms with Crippen molar-refractivity contribution in [3.05, 3.63) is 47.5 Å². The Kier molecular flexibility index (Phi) is 4.64. The van der Waals surface area contributed by atoms with E-state index < -0.39 is 18.3 Å². The molecule has 0 spiro atoms. The average Bonchev–Trinajstić information content (AvgIpc) is 3.11. The molecule has 2 aromatic carbocycles. The Labute approximate surface area is 170 Å². The van der Waals surface area contributed by atoms with Crippen molar-refractivity contribution in [2.24, 2.45) is 0 Å². The van der Waals surface area contributed by atoms with E-state index in [0.29, 0.717) is 11.6 Å². The lowest BCUT2D eigenvalue weighted by Crippen LogP contribution is -2.41. The van der Waals surface area contributed by atoms with Crippen LogP contribution in [-0.4, -0.2) is 30.4 Å². The molecule has 0 bridgehead atoms. The van der Waals surface area contributed by atoms with Gasteiger partial charge in [-0.25, -0.2) is 4.98 Å². The summed E-state index contributed by atoms with van der Waals surface area (Å²) in [4.78, 5) is 4.61. The highest BCUT2D eigenvalue weighted by Gasteiger charge is 2.52. The summed E-state index contributed by atoms with van der Waals surface area (Å²) in [6.45, 7) is 8.26. The highest BCUT2D eigenvalue weighted by molar-refractivity contribution is 7.22. The number of rotatable bonds is 4. The second-order valence-electron chi connectivity index (χ2n) is 8.15. The van der Waals surface area contributed by atoms with E-state index >= 15 is 0 Å². The minimum Gasteiger partial charge on any atom is -0.497 e. The van der Waals surface area contributed by atoms with Gasteiger partial charge in [-0.3, -0.25) is 0 Å². The Bertz CT molecular complexity index is 998. The molecule has 2 N–H and O–H groups in total. The lowest BCUT2D eigenvalue weighted by Gasteiger charge is -2.32. The number of nitrogens with zero attached hydrogens (tertiary/aromatic N) is 1. The van der Waals surface area contributed by atoms with Gasteiger partial charge < -0.3 is 19.8 Å². The maximum absolute atomic E-state index is 6.32. The van der Waals surface area contributed by atoms with Gasteiger partial charge in [0.15, 0.2) is 5.13 Å². The number of ether oxygens (including phenoxy) is 1. The Morgan fingerprint density at radius 1 is 1.04 bits per heavy atom. The van der Waals surface area contributed by atoms with E-state index in [0.717, 1.165) is 32.6 Å². The van der Waals surface area contributed by atoms with Gasteiger partial charge in [0, 0.05) is 0 Å². The molecular weight excluding hydrogens is 371 g/mol. The van der Waals surface area contributed by atoms with Gasteiger partial charge in [0.1, 0.15) is 5.75 Å². The summed E-state index contributed by atoms with van der Waals surface area (Å²) in [5.74, 6) is 0.839. The van der Waals surface area contributed by atoms with Crippen molar-refractivity contribution in [1.82, 2.24) is 4.98 Å². The minimum atomic E-state index is -0.439. The maximum Gasteiger partial charge on any atom is 0.495 e. The quantitative estimate of drug-likeness (QED) is 0.680. The predicted octanol–water partition coefficient (Wildman–Crippen LogP) is 3.78. The third kappa shape index (κ3) is 3.28. The predicted molar refractivity (Wildman–Crippen MR) is 116 cm³/mol. The number of methoxy groups -OCH3 is 1. The Hall–Kier alpha value is -2.09. The molecule has 0 aliphatic carbocycles. The molecule has 1 saturated heterocycles. The fourth-order valence-electron chi connectivity index (χ4n) is 3.41. The van der Waals surface area contributed by atoms with Crippen molar-refractivity contribution in [1.29, 1.82) is 0 Å². The highest BCUT2D eigenvalue weighted by atomic mass is 32.1. The molecule has 7 heteroatoms. The molecule has 2 heterocycles. The molecule has 0 atom stereocenters. The number of nitrogen functional groups attached to an aromatic ring is 1. The summed E-state index contributed by atoms with van der Waals surface area (Å²) < 4.78 is 19.0. The monoisotopic (exact) mass is 396 g/mol. The third-order valence-electron chi connectivity index (χ3n) is 5.77. The number of hydrogen-bond acceptors (Lipinski definition) is 6. The van der Waals surface area contributed by atoms with Crippen LogP contribution in [0.3, 0.4) is 0 Å². The van der Waals surface area contributed by atoms with Gasteiger partial charge in [-0.2, -0.15) is 0 Å². The number of fused-ring (bicyclic) bond motifs is 1. The van der Waals surface area contributed by atoms with Crippen LogP contribution in [0.1, 0.15) is 38.8 Å². The molecule has 4 rings (SSSR count). The number of nitrogens with two attached hydrogens (primary N) is 1. The second-order valence-corrected chi connectivity index (χ2v) is 9.21. The number of benzene rings is 2. The summed E-state index contributed by atoms with van der Waals surface area (Å²) in [5, 5.41) is 0.567. The molecule has 0 amide bonds. The lowest BCUT2D eigenvalue weighted by atomic mass is 9.74. The van der Waals surface area contributed by atoms with E-state index in [-0.39, 0.29) is 0 Å². The molecular formula is C21H25BN2O3S. The molecule has 1 aromatic heterocycles. The number of hydrogen-bond donors (Lipinski definition) is 1. The molecule has 0 unspecified atom stereocenters. The van der Waals surface area contributed by atoms with Crippen molar-refractivity contribution in [2.45, 2.75) is 45.3 Å². The number of anilines is 1. The van der Waals surface area contributed by atoms with E-state index in [9.17, 15) is 0 Å². The van der Waals surface area contributed by atoms with Crippen LogP contribution in [0.5, 0.6) is 5.75 Å². The summed E-state index contributed by atoms with van der Waals surface area (Å²) in [6.07, 6.45) is 0.712. The van der Waals surface area contributed by atoms with Gasteiger partial charge in [-0.1, -0.05) is 29.5 Å². The first-order chi connectivity index (χ1) is 13.2. The number of thiazole rings is 1. The minimum absolute atomic E-state index is 0.398. The largest absolute Gasteiger partial charge is 0.497 e. The first kappa shape index (κ1) is 19.2. The Morgan fingerprint density at radius 3 is 2.29 bits per heavy atom. The second kappa shape index (κ2) is 6.76. The van der Waals surface area contributed by atoms with Crippen molar-refractivity contribution in [3.63, 3.8) is 0 Å².